The number of furan rings is 1. The quantitative estimate of drug-likeness (QED) is 0.169. The molecule has 12 rings (SSSR count). The third kappa shape index (κ3) is 6.21. The zero-order valence-electron chi connectivity index (χ0n) is 33.0. The topological polar surface area (TPSA) is 51.8 Å². The lowest BCUT2D eigenvalue weighted by Crippen LogP contribution is -2.00. The lowest BCUT2D eigenvalue weighted by molar-refractivity contribution is 0.669. The zero-order chi connectivity index (χ0) is 40.3. The van der Waals surface area contributed by atoms with E-state index in [-0.39, 0.29) is 0 Å². The molecule has 0 atom stereocenters. The molecule has 0 unspecified atom stereocenters. The summed E-state index contributed by atoms with van der Waals surface area (Å²) in [6.45, 7) is 0. The van der Waals surface area contributed by atoms with E-state index in [9.17, 15) is 0 Å². The van der Waals surface area contributed by atoms with Gasteiger partial charge in [-0.2, -0.15) is 0 Å². The van der Waals surface area contributed by atoms with Gasteiger partial charge >= 0.3 is 0 Å². The summed E-state index contributed by atoms with van der Waals surface area (Å²) in [6, 6.07) is 74.8. The Morgan fingerprint density at radius 1 is 0.262 bits per heavy atom. The number of rotatable bonds is 6. The number of aromatic nitrogens is 3. The zero-order valence-corrected chi connectivity index (χ0v) is 33.0. The van der Waals surface area contributed by atoms with Crippen LogP contribution in [0.1, 0.15) is 0 Å². The lowest BCUT2D eigenvalue weighted by atomic mass is 9.95. The van der Waals surface area contributed by atoms with Gasteiger partial charge in [-0.15, -0.1) is 0 Å². The van der Waals surface area contributed by atoms with Gasteiger partial charge in [0.05, 0.1) is 0 Å². The summed E-state index contributed by atoms with van der Waals surface area (Å²) < 4.78 is 6.20. The fraction of sp³-hybridized carbons (Fsp3) is 0. The minimum atomic E-state index is 0.625. The Morgan fingerprint density at radius 2 is 0.738 bits per heavy atom. The van der Waals surface area contributed by atoms with Crippen molar-refractivity contribution in [1.29, 1.82) is 0 Å². The average Bonchev–Trinajstić information content (AvgIpc) is 3.72. The molecule has 0 amide bonds. The van der Waals surface area contributed by atoms with E-state index in [1.165, 1.54) is 38.1 Å². The highest BCUT2D eigenvalue weighted by Crippen LogP contribution is 2.39. The van der Waals surface area contributed by atoms with Gasteiger partial charge in [-0.05, 0) is 102 Å². The normalized spacial score (nSPS) is 11.6. The number of hydrogen-bond donors (Lipinski definition) is 0. The monoisotopic (exact) mass is 777 g/mol. The fourth-order valence-corrected chi connectivity index (χ4v) is 8.81. The molecule has 0 spiro atoms. The minimum Gasteiger partial charge on any atom is -0.456 e. The first kappa shape index (κ1) is 34.8. The molecule has 0 saturated heterocycles. The SMILES string of the molecule is c1cc(-c2ccc3cc(-c4cccc5oc6ccccc6c45)ccc3c2)cc(-c2nc(-c3ccc(-c4cccc5ccccc45)cc3)nc(-c3ccc4ccccc4c3)n2)c1. The molecule has 0 aliphatic carbocycles. The van der Waals surface area contributed by atoms with E-state index in [1.807, 2.05) is 18.2 Å². The van der Waals surface area contributed by atoms with Gasteiger partial charge < -0.3 is 4.42 Å². The number of hydrogen-bond acceptors (Lipinski definition) is 4. The summed E-state index contributed by atoms with van der Waals surface area (Å²) in [4.78, 5) is 15.4. The molecule has 0 radical (unpaired) electrons. The molecule has 0 fully saturated rings. The second-order valence-corrected chi connectivity index (χ2v) is 15.6. The summed E-state index contributed by atoms with van der Waals surface area (Å²) in [5.74, 6) is 1.89. The van der Waals surface area contributed by atoms with Crippen molar-refractivity contribution >= 4 is 54.3 Å². The molecule has 0 N–H and O–H groups in total. The van der Waals surface area contributed by atoms with Crippen LogP contribution in [0.25, 0.3) is 122 Å². The highest BCUT2D eigenvalue weighted by Gasteiger charge is 2.16. The van der Waals surface area contributed by atoms with Crippen molar-refractivity contribution in [3.05, 3.63) is 212 Å². The van der Waals surface area contributed by atoms with Gasteiger partial charge in [-0.1, -0.05) is 176 Å². The predicted molar refractivity (Wildman–Crippen MR) is 252 cm³/mol. The van der Waals surface area contributed by atoms with Crippen LogP contribution in [-0.2, 0) is 0 Å². The van der Waals surface area contributed by atoms with E-state index < -0.39 is 0 Å². The molecule has 284 valence electrons. The second-order valence-electron chi connectivity index (χ2n) is 15.6. The van der Waals surface area contributed by atoms with Crippen molar-refractivity contribution < 1.29 is 4.42 Å². The van der Waals surface area contributed by atoms with Crippen LogP contribution in [0.3, 0.4) is 0 Å². The highest BCUT2D eigenvalue weighted by molar-refractivity contribution is 6.13. The Kier molecular flexibility index (Phi) is 8.13. The van der Waals surface area contributed by atoms with Gasteiger partial charge in [0.15, 0.2) is 17.5 Å². The van der Waals surface area contributed by atoms with Crippen LogP contribution < -0.4 is 0 Å². The average molecular weight is 778 g/mol. The van der Waals surface area contributed by atoms with Crippen molar-refractivity contribution in [2.45, 2.75) is 0 Å². The summed E-state index contributed by atoms with van der Waals surface area (Å²) in [5, 5.41) is 9.39. The van der Waals surface area contributed by atoms with Crippen LogP contribution in [0.5, 0.6) is 0 Å². The molecule has 12 aromatic rings. The van der Waals surface area contributed by atoms with Gasteiger partial charge in [-0.25, -0.2) is 15.0 Å². The Labute approximate surface area is 352 Å². The van der Waals surface area contributed by atoms with Crippen LogP contribution in [0.4, 0.5) is 0 Å². The number of fused-ring (bicyclic) bond motifs is 6. The van der Waals surface area contributed by atoms with Crippen molar-refractivity contribution in [1.82, 2.24) is 15.0 Å². The Bertz CT molecular complexity index is 3650. The number of benzene rings is 10. The van der Waals surface area contributed by atoms with Gasteiger partial charge in [0.25, 0.3) is 0 Å². The first-order valence-corrected chi connectivity index (χ1v) is 20.6. The van der Waals surface area contributed by atoms with Crippen LogP contribution in [0.2, 0.25) is 0 Å². The van der Waals surface area contributed by atoms with E-state index >= 15 is 0 Å². The van der Waals surface area contributed by atoms with Crippen molar-refractivity contribution in [2.75, 3.05) is 0 Å². The maximum atomic E-state index is 6.20. The number of nitrogens with zero attached hydrogens (tertiary/aromatic N) is 3. The molecule has 10 aromatic carbocycles. The smallest absolute Gasteiger partial charge is 0.164 e. The second kappa shape index (κ2) is 14.3. The Balaban J connectivity index is 0.925. The molecule has 2 aromatic heterocycles. The largest absolute Gasteiger partial charge is 0.456 e. The van der Waals surface area contributed by atoms with Crippen molar-refractivity contribution in [3.8, 4) is 67.5 Å². The van der Waals surface area contributed by atoms with Crippen molar-refractivity contribution in [3.63, 3.8) is 0 Å². The molecule has 0 aliphatic rings. The Hall–Kier alpha value is -8.21. The maximum Gasteiger partial charge on any atom is 0.164 e. The van der Waals surface area contributed by atoms with Crippen LogP contribution in [0, 0.1) is 0 Å². The highest BCUT2D eigenvalue weighted by atomic mass is 16.3. The minimum absolute atomic E-state index is 0.625. The molecule has 0 saturated carbocycles. The van der Waals surface area contributed by atoms with Gasteiger partial charge in [0, 0.05) is 27.5 Å². The van der Waals surface area contributed by atoms with Crippen molar-refractivity contribution in [2.24, 2.45) is 0 Å². The molecule has 4 nitrogen and oxygen atoms in total. The number of para-hydroxylation sites is 1. The van der Waals surface area contributed by atoms with E-state index in [0.29, 0.717) is 17.5 Å². The molecule has 2 heterocycles. The van der Waals surface area contributed by atoms with Crippen LogP contribution in [0.15, 0.2) is 217 Å². The van der Waals surface area contributed by atoms with E-state index in [2.05, 4.69) is 194 Å². The van der Waals surface area contributed by atoms with Gasteiger partial charge in [0.1, 0.15) is 11.2 Å². The standard InChI is InChI=1S/C57H35N3O/c1-2-12-40-34-47(31-22-36(40)10-1)57-59-55(39-25-23-38(24-26-39)49-18-8-13-37-11-3-4-16-48(37)49)58-56(60-57)46-15-7-14-41(35-46)42-27-28-44-33-45(30-29-43(44)32-42)50-19-9-21-53-54(50)51-17-5-6-20-52(51)61-53/h1-35H. The van der Waals surface area contributed by atoms with Gasteiger partial charge in [-0.3, -0.25) is 0 Å². The van der Waals surface area contributed by atoms with E-state index in [4.69, 9.17) is 19.4 Å². The molecule has 4 heteroatoms. The third-order valence-corrected chi connectivity index (χ3v) is 11.9. The summed E-state index contributed by atoms with van der Waals surface area (Å²) >= 11 is 0. The molecular formula is C57H35N3O. The van der Waals surface area contributed by atoms with Gasteiger partial charge in [0.2, 0.25) is 0 Å². The molecule has 61 heavy (non-hydrogen) atoms. The maximum absolute atomic E-state index is 6.20. The first-order chi connectivity index (χ1) is 30.2. The summed E-state index contributed by atoms with van der Waals surface area (Å²) in [5.41, 5.74) is 11.5. The predicted octanol–water partition coefficient (Wildman–Crippen LogP) is 15.2. The van der Waals surface area contributed by atoms with E-state index in [1.54, 1.807) is 0 Å². The Morgan fingerprint density at radius 3 is 1.57 bits per heavy atom. The lowest BCUT2D eigenvalue weighted by Gasteiger charge is -2.12. The third-order valence-electron chi connectivity index (χ3n) is 11.9. The van der Waals surface area contributed by atoms with Crippen LogP contribution >= 0.6 is 0 Å². The summed E-state index contributed by atoms with van der Waals surface area (Å²) in [6.07, 6.45) is 0. The molecular weight excluding hydrogens is 743 g/mol. The first-order valence-electron chi connectivity index (χ1n) is 20.6. The fourth-order valence-electron chi connectivity index (χ4n) is 8.81. The molecule has 0 bridgehead atoms. The summed E-state index contributed by atoms with van der Waals surface area (Å²) in [7, 11) is 0. The van der Waals surface area contributed by atoms with Crippen LogP contribution in [-0.4, -0.2) is 15.0 Å². The van der Waals surface area contributed by atoms with E-state index in [0.717, 1.165) is 66.3 Å². The molecule has 0 aliphatic heterocycles.